The van der Waals surface area contributed by atoms with Crippen molar-refractivity contribution in [2.24, 2.45) is 0 Å². The summed E-state index contributed by atoms with van der Waals surface area (Å²) in [4.78, 5) is 5.89. The van der Waals surface area contributed by atoms with Crippen molar-refractivity contribution in [1.29, 1.82) is 0 Å². The van der Waals surface area contributed by atoms with Crippen LogP contribution in [-0.4, -0.2) is 9.97 Å². The van der Waals surface area contributed by atoms with Crippen LogP contribution in [0.15, 0.2) is 48.8 Å². The summed E-state index contributed by atoms with van der Waals surface area (Å²) < 4.78 is 58.5. The van der Waals surface area contributed by atoms with Gasteiger partial charge in [-0.1, -0.05) is 55.4 Å². The number of rotatable bonds is 4. The summed E-state index contributed by atoms with van der Waals surface area (Å²) in [7, 11) is 5.50. The third kappa shape index (κ3) is 22.7. The maximum absolute atomic E-state index is 9.58. The molecule has 0 bridgehead atoms. The van der Waals surface area contributed by atoms with E-state index in [-0.39, 0.29) is 18.2 Å². The second-order valence-electron chi connectivity index (χ2n) is 9.13. The number of hydrogen-bond acceptors (Lipinski definition) is 0. The molecule has 1 heterocycles. The number of benzene rings is 2. The number of imidazole rings is 1. The number of aromatic nitrogens is 2. The summed E-state index contributed by atoms with van der Waals surface area (Å²) in [5, 5.41) is 0. The third-order valence-corrected chi connectivity index (χ3v) is 6.67. The van der Waals surface area contributed by atoms with Crippen molar-refractivity contribution in [1.82, 2.24) is 9.97 Å². The number of aromatic amines is 2. The fraction of sp³-hybridized carbons (Fsp3) is 0.414. The number of nitrogens with one attached hydrogen (secondary N) is 2. The zero-order chi connectivity index (χ0) is 30.5. The van der Waals surface area contributed by atoms with E-state index in [2.05, 4.69) is 114 Å². The van der Waals surface area contributed by atoms with Crippen molar-refractivity contribution in [3.8, 4) is 0 Å². The van der Waals surface area contributed by atoms with Gasteiger partial charge in [-0.3, -0.25) is 0 Å². The molecule has 2 nitrogen and oxygen atoms in total. The van der Waals surface area contributed by atoms with Gasteiger partial charge in [0.15, 0.2) is 13.4 Å². The van der Waals surface area contributed by atoms with Gasteiger partial charge in [-0.25, -0.2) is 0 Å². The predicted octanol–water partition coefficient (Wildman–Crippen LogP) is 11.3. The van der Waals surface area contributed by atoms with Crippen molar-refractivity contribution in [2.45, 2.75) is 79.1 Å². The fourth-order valence-electron chi connectivity index (χ4n) is 2.65. The fourth-order valence-corrected chi connectivity index (χ4v) is 3.79. The molecule has 0 amide bonds. The van der Waals surface area contributed by atoms with Gasteiger partial charge in [0, 0.05) is 0 Å². The summed E-state index contributed by atoms with van der Waals surface area (Å²) in [5.41, 5.74) is 5.28. The average molecular weight is 761 g/mol. The number of hydrogen-bond donors (Lipinski definition) is 2. The Hall–Kier alpha value is -1.74. The Labute approximate surface area is 242 Å². The van der Waals surface area contributed by atoms with E-state index < -0.39 is 13.4 Å². The Bertz CT molecular complexity index is 920. The van der Waals surface area contributed by atoms with Crippen LogP contribution in [0.5, 0.6) is 0 Å². The molecule has 0 saturated heterocycles. The van der Waals surface area contributed by atoms with Gasteiger partial charge in [0.1, 0.15) is 0 Å². The van der Waals surface area contributed by atoms with Crippen LogP contribution in [0.3, 0.4) is 0 Å². The zero-order valence-electron chi connectivity index (χ0n) is 23.4. The van der Waals surface area contributed by atoms with Crippen LogP contribution in [0.1, 0.15) is 101 Å². The van der Waals surface area contributed by atoms with Gasteiger partial charge in [-0.05, 0) is 23.7 Å². The summed E-state index contributed by atoms with van der Waals surface area (Å²) in [6.07, 6.45) is 3.66. The molecule has 10 heteroatoms. The first kappa shape index (κ1) is 39.4. The molecule has 228 valence electrons. The molecule has 0 aliphatic heterocycles. The minimum absolute atomic E-state index is 0.198. The second-order valence-corrected chi connectivity index (χ2v) is 11.6. The SMILES string of the molecule is CC(C)c1[c-]c(C(C)C)ccc1.CC(C)c1[c-]c(C(C)C)ccc1.F[C-](F)F.F[C-](F)F.[Cl][Au]=[c]1[nH]cc[nH]1. The van der Waals surface area contributed by atoms with Crippen LogP contribution in [0.2, 0.25) is 0 Å². The first-order valence-corrected chi connectivity index (χ1v) is 15.8. The summed E-state index contributed by atoms with van der Waals surface area (Å²) in [6.45, 7) is 11.5. The molecule has 0 atom stereocenters. The van der Waals surface area contributed by atoms with Crippen LogP contribution < -0.4 is 0 Å². The maximum atomic E-state index is 9.58. The van der Waals surface area contributed by atoms with E-state index in [1.54, 1.807) is 0 Å². The molecule has 39 heavy (non-hydrogen) atoms. The molecular weight excluding hydrogens is 723 g/mol. The van der Waals surface area contributed by atoms with E-state index in [1.165, 1.54) is 22.3 Å². The van der Waals surface area contributed by atoms with E-state index in [4.69, 9.17) is 9.19 Å². The van der Waals surface area contributed by atoms with Gasteiger partial charge >= 0.3 is 53.4 Å². The molecule has 0 fully saturated rings. The molecular formula is C29H38AuClF6N2-4. The van der Waals surface area contributed by atoms with Gasteiger partial charge in [-0.2, -0.15) is 70.8 Å². The van der Waals surface area contributed by atoms with E-state index in [9.17, 15) is 26.3 Å². The molecule has 0 unspecified atom stereocenters. The summed E-state index contributed by atoms with van der Waals surface area (Å²) in [5.74, 6) is 2.35. The van der Waals surface area contributed by atoms with E-state index >= 15 is 0 Å². The van der Waals surface area contributed by atoms with Crippen molar-refractivity contribution >= 4 is 9.19 Å². The Morgan fingerprint density at radius 1 is 0.590 bits per heavy atom. The van der Waals surface area contributed by atoms with Gasteiger partial charge in [0.05, 0.1) is 0 Å². The van der Waals surface area contributed by atoms with Crippen LogP contribution in [0.25, 0.3) is 0 Å². The first-order valence-electron chi connectivity index (χ1n) is 12.1. The molecule has 0 spiro atoms. The second kappa shape index (κ2) is 23.0. The number of halogens is 7. The van der Waals surface area contributed by atoms with E-state index in [0.29, 0.717) is 23.7 Å². The van der Waals surface area contributed by atoms with Gasteiger partial charge in [0.25, 0.3) is 0 Å². The molecule has 2 aromatic carbocycles. The molecule has 0 radical (unpaired) electrons. The van der Waals surface area contributed by atoms with Crippen LogP contribution in [0.4, 0.5) is 26.3 Å². The van der Waals surface area contributed by atoms with Crippen molar-refractivity contribution in [2.75, 3.05) is 0 Å². The number of H-pyrrole nitrogens is 2. The predicted molar refractivity (Wildman–Crippen MR) is 144 cm³/mol. The van der Waals surface area contributed by atoms with Crippen molar-refractivity contribution in [3.63, 3.8) is 0 Å². The van der Waals surface area contributed by atoms with E-state index in [1.807, 2.05) is 12.4 Å². The zero-order valence-corrected chi connectivity index (χ0v) is 26.3. The molecule has 0 saturated carbocycles. The Kier molecular flexibility index (Phi) is 23.3. The molecule has 3 rings (SSSR count). The first-order chi connectivity index (χ1) is 18.1. The van der Waals surface area contributed by atoms with Crippen molar-refractivity contribution in [3.05, 3.63) is 100 Å². The van der Waals surface area contributed by atoms with Crippen LogP contribution >= 0.6 is 9.19 Å². The third-order valence-electron chi connectivity index (χ3n) is 4.71. The normalized spacial score (nSPS) is 10.5. The Morgan fingerprint density at radius 2 is 0.821 bits per heavy atom. The molecule has 0 aliphatic carbocycles. The van der Waals surface area contributed by atoms with Gasteiger partial charge < -0.3 is 26.3 Å². The van der Waals surface area contributed by atoms with Gasteiger partial charge in [-0.15, -0.1) is 0 Å². The standard InChI is InChI=1S/2C12H17.C3H4N2.2CF3.Au.ClH/c2*1-9(2)11-6-5-7-12(8-11)10(3)4;1-2-5-3-4-1;2*2-1(3)4;;/h2*5-7,9-10H,1-4H3;1-2,4-5H;;;;1H/q2*-1;;2*-1;+1;/p-1. The molecule has 0 aliphatic rings. The monoisotopic (exact) mass is 760 g/mol. The Balaban J connectivity index is 0. The summed E-state index contributed by atoms with van der Waals surface area (Å²) >= 11 is -0.198. The summed E-state index contributed by atoms with van der Waals surface area (Å²) in [6, 6.07) is 19.7. The molecule has 3 aromatic rings. The van der Waals surface area contributed by atoms with E-state index in [0.717, 1.165) is 3.63 Å². The van der Waals surface area contributed by atoms with Gasteiger partial charge in [0.2, 0.25) is 0 Å². The van der Waals surface area contributed by atoms with Crippen LogP contribution in [0, 0.1) is 29.1 Å². The Morgan fingerprint density at radius 3 is 0.974 bits per heavy atom. The average Bonchev–Trinajstić information content (AvgIpc) is 3.38. The topological polar surface area (TPSA) is 31.6 Å². The quantitative estimate of drug-likeness (QED) is 0.151. The minimum atomic E-state index is -3.08. The molecule has 2 N–H and O–H groups in total. The molecule has 1 aromatic heterocycles. The van der Waals surface area contributed by atoms with Crippen molar-refractivity contribution < 1.29 is 44.5 Å². The van der Waals surface area contributed by atoms with Crippen LogP contribution in [-0.2, 0) is 18.2 Å².